The number of aromatic amines is 1. The third-order valence-electron chi connectivity index (χ3n) is 3.34. The Morgan fingerprint density at radius 3 is 2.83 bits per heavy atom. The highest BCUT2D eigenvalue weighted by Gasteiger charge is 2.20. The molecule has 0 bridgehead atoms. The molecule has 1 aliphatic rings. The Bertz CT molecular complexity index is 545. The number of anilines is 2. The number of imidazole rings is 1. The highest BCUT2D eigenvalue weighted by molar-refractivity contribution is 5.83. The molecule has 0 amide bonds. The van der Waals surface area contributed by atoms with Crippen molar-refractivity contribution in [3.63, 3.8) is 0 Å². The molecule has 0 aromatic carbocycles. The molecule has 7 nitrogen and oxygen atoms in total. The van der Waals surface area contributed by atoms with Gasteiger partial charge in [-0.1, -0.05) is 0 Å². The second-order valence-corrected chi connectivity index (χ2v) is 4.68. The van der Waals surface area contributed by atoms with Gasteiger partial charge in [0.25, 0.3) is 0 Å². The molecule has 2 aromatic rings. The first-order chi connectivity index (χ1) is 8.72. The van der Waals surface area contributed by atoms with Gasteiger partial charge in [0.1, 0.15) is 5.52 Å². The van der Waals surface area contributed by atoms with Crippen molar-refractivity contribution in [2.45, 2.75) is 37.8 Å². The summed E-state index contributed by atoms with van der Waals surface area (Å²) >= 11 is 0. The molecule has 7 heteroatoms. The Labute approximate surface area is 104 Å². The second-order valence-electron chi connectivity index (χ2n) is 4.68. The van der Waals surface area contributed by atoms with Crippen LogP contribution in [0.5, 0.6) is 0 Å². The van der Waals surface area contributed by atoms with Crippen molar-refractivity contribution >= 4 is 22.9 Å². The molecule has 0 saturated heterocycles. The van der Waals surface area contributed by atoms with Crippen molar-refractivity contribution in [3.05, 3.63) is 6.33 Å². The van der Waals surface area contributed by atoms with Gasteiger partial charge in [-0.05, 0) is 25.7 Å². The zero-order valence-corrected chi connectivity index (χ0v) is 9.93. The van der Waals surface area contributed by atoms with Gasteiger partial charge in [-0.15, -0.1) is 0 Å². The van der Waals surface area contributed by atoms with Crippen LogP contribution in [0, 0.1) is 0 Å². The number of H-pyrrole nitrogens is 1. The monoisotopic (exact) mass is 248 g/mol. The summed E-state index contributed by atoms with van der Waals surface area (Å²) in [6.07, 6.45) is 4.93. The van der Waals surface area contributed by atoms with Crippen LogP contribution in [0.3, 0.4) is 0 Å². The largest absolute Gasteiger partial charge is 0.393 e. The maximum Gasteiger partial charge on any atom is 0.224 e. The smallest absolute Gasteiger partial charge is 0.224 e. The van der Waals surface area contributed by atoms with Crippen LogP contribution in [-0.2, 0) is 0 Å². The lowest BCUT2D eigenvalue weighted by Gasteiger charge is -2.26. The summed E-state index contributed by atoms with van der Waals surface area (Å²) in [6, 6.07) is 0.314. The first-order valence-electron chi connectivity index (χ1n) is 6.13. The number of nitrogens with one attached hydrogen (secondary N) is 2. The number of aliphatic hydroxyl groups is 1. The lowest BCUT2D eigenvalue weighted by Crippen LogP contribution is -2.28. The number of nitrogens with zero attached hydrogens (tertiary/aromatic N) is 3. The molecule has 2 aromatic heterocycles. The number of rotatable bonds is 2. The molecule has 0 radical (unpaired) electrons. The van der Waals surface area contributed by atoms with E-state index in [2.05, 4.69) is 25.3 Å². The average Bonchev–Trinajstić information content (AvgIpc) is 2.80. The van der Waals surface area contributed by atoms with Gasteiger partial charge in [0.15, 0.2) is 11.5 Å². The van der Waals surface area contributed by atoms with Crippen molar-refractivity contribution in [1.82, 2.24) is 19.9 Å². The minimum absolute atomic E-state index is 0.161. The van der Waals surface area contributed by atoms with E-state index in [1.807, 2.05) is 0 Å². The van der Waals surface area contributed by atoms with Crippen molar-refractivity contribution in [2.75, 3.05) is 11.1 Å². The zero-order valence-electron chi connectivity index (χ0n) is 9.93. The van der Waals surface area contributed by atoms with Gasteiger partial charge in [0.2, 0.25) is 5.95 Å². The highest BCUT2D eigenvalue weighted by atomic mass is 16.3. The quantitative estimate of drug-likeness (QED) is 0.620. The summed E-state index contributed by atoms with van der Waals surface area (Å²) in [5, 5.41) is 12.8. The minimum Gasteiger partial charge on any atom is -0.393 e. The van der Waals surface area contributed by atoms with E-state index in [1.54, 1.807) is 6.33 Å². The lowest BCUT2D eigenvalue weighted by molar-refractivity contribution is 0.126. The van der Waals surface area contributed by atoms with Crippen LogP contribution in [0.4, 0.5) is 11.8 Å². The summed E-state index contributed by atoms with van der Waals surface area (Å²) in [5.41, 5.74) is 7.00. The van der Waals surface area contributed by atoms with E-state index in [1.165, 1.54) is 0 Å². The Balaban J connectivity index is 1.83. The van der Waals surface area contributed by atoms with E-state index in [9.17, 15) is 5.11 Å². The number of hydrogen-bond acceptors (Lipinski definition) is 6. The maximum absolute atomic E-state index is 9.49. The topological polar surface area (TPSA) is 113 Å². The third kappa shape index (κ3) is 2.08. The molecule has 18 heavy (non-hydrogen) atoms. The summed E-state index contributed by atoms with van der Waals surface area (Å²) in [4.78, 5) is 15.3. The van der Waals surface area contributed by atoms with Crippen LogP contribution in [0.2, 0.25) is 0 Å². The standard InChI is InChI=1S/C11H16N6O/c12-11-16-9-8(13-5-14-9)10(17-11)15-6-1-3-7(18)4-2-6/h5-7,18H,1-4H2,(H4,12,13,14,15,16,17). The third-order valence-corrected chi connectivity index (χ3v) is 3.34. The number of nitrogens with two attached hydrogens (primary N) is 1. The Hall–Kier alpha value is -1.89. The second kappa shape index (κ2) is 4.41. The molecule has 1 fully saturated rings. The van der Waals surface area contributed by atoms with Gasteiger partial charge in [-0.25, -0.2) is 4.98 Å². The van der Waals surface area contributed by atoms with Gasteiger partial charge >= 0.3 is 0 Å². The fraction of sp³-hybridized carbons (Fsp3) is 0.545. The van der Waals surface area contributed by atoms with Gasteiger partial charge in [-0.2, -0.15) is 9.97 Å². The first kappa shape index (κ1) is 11.2. The molecular formula is C11H16N6O. The summed E-state index contributed by atoms with van der Waals surface area (Å²) in [6.45, 7) is 0. The van der Waals surface area contributed by atoms with Crippen molar-refractivity contribution in [3.8, 4) is 0 Å². The Kier molecular flexibility index (Phi) is 2.75. The summed E-state index contributed by atoms with van der Waals surface area (Å²) < 4.78 is 0. The number of aliphatic hydroxyl groups excluding tert-OH is 1. The van der Waals surface area contributed by atoms with Gasteiger partial charge < -0.3 is 21.1 Å². The lowest BCUT2D eigenvalue weighted by atomic mass is 9.93. The molecule has 0 atom stereocenters. The van der Waals surface area contributed by atoms with Gasteiger partial charge in [0, 0.05) is 6.04 Å². The highest BCUT2D eigenvalue weighted by Crippen LogP contribution is 2.24. The fourth-order valence-corrected chi connectivity index (χ4v) is 2.37. The molecule has 2 heterocycles. The number of fused-ring (bicyclic) bond motifs is 1. The molecule has 0 aliphatic heterocycles. The number of hydrogen-bond donors (Lipinski definition) is 4. The van der Waals surface area contributed by atoms with E-state index >= 15 is 0 Å². The summed E-state index contributed by atoms with van der Waals surface area (Å²) in [7, 11) is 0. The SMILES string of the molecule is Nc1nc(NC2CCC(O)CC2)c2[nH]cnc2n1. The van der Waals surface area contributed by atoms with Crippen molar-refractivity contribution in [1.29, 1.82) is 0 Å². The first-order valence-corrected chi connectivity index (χ1v) is 6.13. The molecule has 3 rings (SSSR count). The van der Waals surface area contributed by atoms with E-state index in [-0.39, 0.29) is 12.1 Å². The molecule has 0 unspecified atom stereocenters. The van der Waals surface area contributed by atoms with Crippen LogP contribution in [0.25, 0.3) is 11.2 Å². The van der Waals surface area contributed by atoms with Gasteiger partial charge in [0.05, 0.1) is 12.4 Å². The molecule has 96 valence electrons. The van der Waals surface area contributed by atoms with E-state index in [0.29, 0.717) is 17.5 Å². The summed E-state index contributed by atoms with van der Waals surface area (Å²) in [5.74, 6) is 0.907. The maximum atomic E-state index is 9.49. The zero-order chi connectivity index (χ0) is 12.5. The van der Waals surface area contributed by atoms with Crippen molar-refractivity contribution < 1.29 is 5.11 Å². The van der Waals surface area contributed by atoms with Crippen molar-refractivity contribution in [2.24, 2.45) is 0 Å². The Morgan fingerprint density at radius 2 is 2.06 bits per heavy atom. The van der Waals surface area contributed by atoms with Crippen LogP contribution >= 0.6 is 0 Å². The van der Waals surface area contributed by atoms with Crippen LogP contribution in [0.1, 0.15) is 25.7 Å². The van der Waals surface area contributed by atoms with Crippen LogP contribution in [-0.4, -0.2) is 37.2 Å². The molecule has 1 aliphatic carbocycles. The normalized spacial score (nSPS) is 24.3. The molecule has 0 spiro atoms. The average molecular weight is 248 g/mol. The number of nitrogen functional groups attached to an aromatic ring is 1. The predicted octanol–water partition coefficient (Wildman–Crippen LogP) is 0.650. The molecule has 5 N–H and O–H groups in total. The molecular weight excluding hydrogens is 232 g/mol. The predicted molar refractivity (Wildman–Crippen MR) is 68.0 cm³/mol. The number of aromatic nitrogens is 4. The van der Waals surface area contributed by atoms with E-state index in [4.69, 9.17) is 5.73 Å². The minimum atomic E-state index is -0.161. The van der Waals surface area contributed by atoms with E-state index < -0.39 is 0 Å². The van der Waals surface area contributed by atoms with Crippen LogP contribution in [0.15, 0.2) is 6.33 Å². The van der Waals surface area contributed by atoms with Gasteiger partial charge in [-0.3, -0.25) is 0 Å². The Morgan fingerprint density at radius 1 is 1.28 bits per heavy atom. The van der Waals surface area contributed by atoms with Crippen LogP contribution < -0.4 is 11.1 Å². The van der Waals surface area contributed by atoms with E-state index in [0.717, 1.165) is 31.2 Å². The molecule has 1 saturated carbocycles. The fourth-order valence-electron chi connectivity index (χ4n) is 2.37.